The van der Waals surface area contributed by atoms with E-state index in [1.807, 2.05) is 6.07 Å². The summed E-state index contributed by atoms with van der Waals surface area (Å²) in [5.41, 5.74) is 11.7. The Balaban J connectivity index is 0.000000848. The first-order valence-electron chi connectivity index (χ1n) is 7.16. The van der Waals surface area contributed by atoms with Crippen LogP contribution in [0.5, 0.6) is 0 Å². The van der Waals surface area contributed by atoms with Crippen molar-refractivity contribution in [2.45, 2.75) is 25.9 Å². The monoisotopic (exact) mass is 405 g/mol. The highest BCUT2D eigenvalue weighted by molar-refractivity contribution is 6.39. The Labute approximate surface area is 163 Å². The number of carboxylic acids is 1. The van der Waals surface area contributed by atoms with Gasteiger partial charge in [-0.25, -0.2) is 0 Å². The molecule has 0 saturated heterocycles. The fourth-order valence-corrected chi connectivity index (χ4v) is 2.20. The topological polar surface area (TPSA) is 101 Å². The summed E-state index contributed by atoms with van der Waals surface area (Å²) in [7, 11) is 0. The summed E-state index contributed by atoms with van der Waals surface area (Å²) in [4.78, 5) is 10.8. The molecule has 0 spiro atoms. The number of aliphatic carboxylic acids is 1. The quantitative estimate of drug-likeness (QED) is 0.563. The second-order valence-electron chi connectivity index (χ2n) is 5.77. The van der Waals surface area contributed by atoms with Gasteiger partial charge in [-0.1, -0.05) is 47.5 Å². The number of rotatable bonds is 4. The lowest BCUT2D eigenvalue weighted by molar-refractivity contribution is -0.136. The molecule has 25 heavy (non-hydrogen) atoms. The van der Waals surface area contributed by atoms with Crippen molar-refractivity contribution >= 4 is 53.0 Å². The molecular formula is C17H22Cl3N3O2. The number of carboxylic acid groups (broad SMARTS) is 1. The van der Waals surface area contributed by atoms with Gasteiger partial charge in [0.2, 0.25) is 0 Å². The fraction of sp³-hybridized carbons (Fsp3) is 0.235. The lowest BCUT2D eigenvalue weighted by Gasteiger charge is -2.13. The molecule has 2 rings (SSSR count). The number of benzene rings is 2. The van der Waals surface area contributed by atoms with E-state index in [4.69, 9.17) is 39.8 Å². The average molecular weight is 407 g/mol. The third-order valence-corrected chi connectivity index (χ3v) is 3.21. The first kappa shape index (κ1) is 23.5. The van der Waals surface area contributed by atoms with Gasteiger partial charge in [0.25, 0.3) is 0 Å². The second kappa shape index (κ2) is 10.5. The normalized spacial score (nSPS) is 10.2. The molecule has 0 bridgehead atoms. The van der Waals surface area contributed by atoms with Gasteiger partial charge in [0.05, 0.1) is 27.8 Å². The molecule has 0 aliphatic rings. The minimum atomic E-state index is -0.889. The van der Waals surface area contributed by atoms with Gasteiger partial charge in [-0.2, -0.15) is 0 Å². The van der Waals surface area contributed by atoms with Crippen molar-refractivity contribution in [3.8, 4) is 0 Å². The molecule has 8 heteroatoms. The smallest absolute Gasteiger partial charge is 0.307 e. The molecule has 0 amide bonds. The Morgan fingerprint density at radius 2 is 1.56 bits per heavy atom. The van der Waals surface area contributed by atoms with Gasteiger partial charge in [0.15, 0.2) is 0 Å². The van der Waals surface area contributed by atoms with Crippen LogP contribution in [-0.4, -0.2) is 16.7 Å². The standard InChI is InChI=1S/C14H11Cl2NO2.C3H10N2.ClH/c15-10-5-3-6-11(16)14(10)17-12-7-2-1-4-9(12)8-13(18)19;1-3(2,4)5;/h1-7,17H,8H2,(H,18,19);4-5H2,1-2H3;1H. The number of halogens is 3. The first-order chi connectivity index (χ1) is 11.1. The SMILES string of the molecule is CC(C)(N)N.Cl.O=C(O)Cc1ccccc1Nc1c(Cl)cccc1Cl. The van der Waals surface area contributed by atoms with Crippen LogP contribution in [0.4, 0.5) is 11.4 Å². The molecule has 0 fully saturated rings. The van der Waals surface area contributed by atoms with E-state index in [0.717, 1.165) is 0 Å². The van der Waals surface area contributed by atoms with Crippen LogP contribution >= 0.6 is 35.6 Å². The maximum Gasteiger partial charge on any atom is 0.307 e. The van der Waals surface area contributed by atoms with E-state index in [9.17, 15) is 4.79 Å². The van der Waals surface area contributed by atoms with Crippen molar-refractivity contribution in [2.24, 2.45) is 11.5 Å². The number of carbonyl (C=O) groups is 1. The number of hydrogen-bond donors (Lipinski definition) is 4. The number of para-hydroxylation sites is 2. The van der Waals surface area contributed by atoms with E-state index in [2.05, 4.69) is 5.32 Å². The minimum absolute atomic E-state index is 0. The Kier molecular flexibility index (Phi) is 9.85. The third-order valence-electron chi connectivity index (χ3n) is 2.58. The zero-order valence-electron chi connectivity index (χ0n) is 13.9. The molecule has 0 radical (unpaired) electrons. The third kappa shape index (κ3) is 9.53. The van der Waals surface area contributed by atoms with Crippen LogP contribution < -0.4 is 16.8 Å². The summed E-state index contributed by atoms with van der Waals surface area (Å²) in [6.07, 6.45) is -0.0642. The summed E-state index contributed by atoms with van der Waals surface area (Å²) in [5, 5.41) is 12.9. The van der Waals surface area contributed by atoms with Crippen molar-refractivity contribution in [1.29, 1.82) is 0 Å². The highest BCUT2D eigenvalue weighted by atomic mass is 35.5. The molecule has 0 aliphatic carbocycles. The highest BCUT2D eigenvalue weighted by Crippen LogP contribution is 2.33. The van der Waals surface area contributed by atoms with Gasteiger partial charge < -0.3 is 21.9 Å². The van der Waals surface area contributed by atoms with Crippen LogP contribution in [0.2, 0.25) is 10.0 Å². The summed E-state index contributed by atoms with van der Waals surface area (Å²) >= 11 is 12.1. The molecule has 2 aromatic carbocycles. The van der Waals surface area contributed by atoms with Gasteiger partial charge in [-0.15, -0.1) is 12.4 Å². The van der Waals surface area contributed by atoms with Crippen LogP contribution in [0.3, 0.4) is 0 Å². The molecule has 0 atom stereocenters. The second-order valence-corrected chi connectivity index (χ2v) is 6.59. The summed E-state index contributed by atoms with van der Waals surface area (Å²) in [5.74, 6) is -0.889. The lowest BCUT2D eigenvalue weighted by Crippen LogP contribution is -2.42. The van der Waals surface area contributed by atoms with Crippen LogP contribution in [0, 0.1) is 0 Å². The fourth-order valence-electron chi connectivity index (χ4n) is 1.71. The summed E-state index contributed by atoms with van der Waals surface area (Å²) in [6, 6.07) is 12.3. The van der Waals surface area contributed by atoms with E-state index in [-0.39, 0.29) is 18.8 Å². The maximum atomic E-state index is 10.8. The van der Waals surface area contributed by atoms with Gasteiger partial charge in [0, 0.05) is 5.69 Å². The molecule has 0 heterocycles. The Morgan fingerprint density at radius 1 is 1.08 bits per heavy atom. The van der Waals surface area contributed by atoms with E-state index < -0.39 is 11.6 Å². The first-order valence-corrected chi connectivity index (χ1v) is 7.92. The number of anilines is 2. The molecular weight excluding hydrogens is 385 g/mol. The van der Waals surface area contributed by atoms with Gasteiger partial charge in [0.1, 0.15) is 0 Å². The Bertz CT molecular complexity index is 678. The molecule has 6 N–H and O–H groups in total. The van der Waals surface area contributed by atoms with Gasteiger partial charge >= 0.3 is 5.97 Å². The van der Waals surface area contributed by atoms with Crippen molar-refractivity contribution in [2.75, 3.05) is 5.32 Å². The van der Waals surface area contributed by atoms with Crippen molar-refractivity contribution in [3.05, 3.63) is 58.1 Å². The van der Waals surface area contributed by atoms with Crippen LogP contribution in [0.15, 0.2) is 42.5 Å². The van der Waals surface area contributed by atoms with E-state index in [1.54, 1.807) is 50.2 Å². The Hall–Kier alpha value is -1.50. The van der Waals surface area contributed by atoms with E-state index in [1.165, 1.54) is 0 Å². The molecule has 138 valence electrons. The molecule has 5 nitrogen and oxygen atoms in total. The molecule has 0 aromatic heterocycles. The number of nitrogens with one attached hydrogen (secondary N) is 1. The highest BCUT2D eigenvalue weighted by Gasteiger charge is 2.10. The van der Waals surface area contributed by atoms with Crippen LogP contribution in [-0.2, 0) is 11.2 Å². The van der Waals surface area contributed by atoms with E-state index >= 15 is 0 Å². The Morgan fingerprint density at radius 3 is 2.04 bits per heavy atom. The van der Waals surface area contributed by atoms with Crippen LogP contribution in [0.25, 0.3) is 0 Å². The van der Waals surface area contributed by atoms with E-state index in [0.29, 0.717) is 27.0 Å². The van der Waals surface area contributed by atoms with Gasteiger partial charge in [-0.05, 0) is 37.6 Å². The predicted molar refractivity (Wildman–Crippen MR) is 107 cm³/mol. The maximum absolute atomic E-state index is 10.8. The predicted octanol–water partition coefficient (Wildman–Crippen LogP) is 4.43. The van der Waals surface area contributed by atoms with Crippen molar-refractivity contribution in [1.82, 2.24) is 0 Å². The number of nitrogens with two attached hydrogens (primary N) is 2. The van der Waals surface area contributed by atoms with Crippen molar-refractivity contribution in [3.63, 3.8) is 0 Å². The van der Waals surface area contributed by atoms with Gasteiger partial charge in [-0.3, -0.25) is 4.79 Å². The lowest BCUT2D eigenvalue weighted by atomic mass is 10.1. The average Bonchev–Trinajstić information content (AvgIpc) is 2.42. The van der Waals surface area contributed by atoms with Crippen molar-refractivity contribution < 1.29 is 9.90 Å². The van der Waals surface area contributed by atoms with Crippen LogP contribution in [0.1, 0.15) is 19.4 Å². The molecule has 0 unspecified atom stereocenters. The molecule has 0 saturated carbocycles. The molecule has 0 aliphatic heterocycles. The molecule has 2 aromatic rings. The minimum Gasteiger partial charge on any atom is -0.481 e. The summed E-state index contributed by atoms with van der Waals surface area (Å²) in [6.45, 7) is 3.49. The summed E-state index contributed by atoms with van der Waals surface area (Å²) < 4.78 is 0. The largest absolute Gasteiger partial charge is 0.481 e. The zero-order valence-corrected chi connectivity index (χ0v) is 16.3. The zero-order chi connectivity index (χ0) is 18.3. The number of hydrogen-bond acceptors (Lipinski definition) is 4.